The largest absolute Gasteiger partial charge is 0.486 e. The maximum absolute atomic E-state index is 11.6. The van der Waals surface area contributed by atoms with Gasteiger partial charge in [-0.1, -0.05) is 6.07 Å². The van der Waals surface area contributed by atoms with Crippen LogP contribution in [0, 0.1) is 0 Å². The molecule has 0 radical (unpaired) electrons. The van der Waals surface area contributed by atoms with Crippen molar-refractivity contribution >= 4 is 11.6 Å². The first-order valence-electron chi connectivity index (χ1n) is 6.84. The molecule has 0 atom stereocenters. The van der Waals surface area contributed by atoms with Crippen LogP contribution < -0.4 is 9.47 Å². The molecule has 4 rings (SSSR count). The normalized spacial score (nSPS) is 13.3. The molecule has 0 saturated heterocycles. The number of nitrogens with zero attached hydrogens (tertiary/aromatic N) is 2. The summed E-state index contributed by atoms with van der Waals surface area (Å²) in [5, 5.41) is 9.54. The minimum atomic E-state index is -1.02. The molecule has 1 N–H and O–H groups in total. The summed E-state index contributed by atoms with van der Waals surface area (Å²) in [4.78, 5) is 16.1. The van der Waals surface area contributed by atoms with Gasteiger partial charge in [-0.15, -0.1) is 0 Å². The smallest absolute Gasteiger partial charge is 0.355 e. The number of pyridine rings is 1. The van der Waals surface area contributed by atoms with Crippen molar-refractivity contribution in [2.24, 2.45) is 0 Å². The summed E-state index contributed by atoms with van der Waals surface area (Å²) in [6.45, 7) is 0.995. The number of hydrogen-bond acceptors (Lipinski definition) is 4. The van der Waals surface area contributed by atoms with Crippen molar-refractivity contribution in [1.82, 2.24) is 9.38 Å². The van der Waals surface area contributed by atoms with Crippen LogP contribution in [0.2, 0.25) is 0 Å². The molecule has 1 aromatic carbocycles. The molecule has 6 nitrogen and oxygen atoms in total. The summed E-state index contributed by atoms with van der Waals surface area (Å²) < 4.78 is 12.6. The number of hydrogen-bond donors (Lipinski definition) is 1. The van der Waals surface area contributed by atoms with Crippen molar-refractivity contribution in [1.29, 1.82) is 0 Å². The van der Waals surface area contributed by atoms with E-state index in [0.29, 0.717) is 41.6 Å². The van der Waals surface area contributed by atoms with Gasteiger partial charge in [-0.25, -0.2) is 9.78 Å². The molecule has 3 aromatic rings. The van der Waals surface area contributed by atoms with Crippen molar-refractivity contribution in [3.63, 3.8) is 0 Å². The Morgan fingerprint density at radius 1 is 1.14 bits per heavy atom. The fraction of sp³-hybridized carbons (Fsp3) is 0.125. The number of fused-ring (bicyclic) bond motifs is 2. The maximum atomic E-state index is 11.6. The molecule has 0 fully saturated rings. The minimum Gasteiger partial charge on any atom is -0.486 e. The van der Waals surface area contributed by atoms with Crippen molar-refractivity contribution in [2.45, 2.75) is 0 Å². The van der Waals surface area contributed by atoms with E-state index in [9.17, 15) is 9.90 Å². The van der Waals surface area contributed by atoms with Gasteiger partial charge in [-0.2, -0.15) is 0 Å². The van der Waals surface area contributed by atoms with Crippen molar-refractivity contribution < 1.29 is 19.4 Å². The molecule has 0 amide bonds. The SMILES string of the molecule is O=C(O)c1c(-c2ccc3c(c2)OCCO3)nc2ccccn12. The third kappa shape index (κ3) is 1.88. The zero-order chi connectivity index (χ0) is 15.1. The molecule has 1 aliphatic heterocycles. The monoisotopic (exact) mass is 296 g/mol. The number of carboxylic acids is 1. The Bertz CT molecular complexity index is 885. The summed E-state index contributed by atoms with van der Waals surface area (Å²) in [6.07, 6.45) is 1.69. The van der Waals surface area contributed by atoms with Gasteiger partial charge in [0.1, 0.15) is 24.6 Å². The molecular weight excluding hydrogens is 284 g/mol. The second kappa shape index (κ2) is 4.77. The molecular formula is C16H12N2O4. The Morgan fingerprint density at radius 2 is 1.95 bits per heavy atom. The molecule has 3 heterocycles. The summed E-state index contributed by atoms with van der Waals surface area (Å²) in [5.74, 6) is 0.247. The Kier molecular flexibility index (Phi) is 2.75. The summed E-state index contributed by atoms with van der Waals surface area (Å²) in [7, 11) is 0. The van der Waals surface area contributed by atoms with Gasteiger partial charge in [0.05, 0.1) is 0 Å². The Labute approximate surface area is 125 Å². The van der Waals surface area contributed by atoms with Gasteiger partial charge in [0.25, 0.3) is 0 Å². The van der Waals surface area contributed by atoms with E-state index in [-0.39, 0.29) is 5.69 Å². The highest BCUT2D eigenvalue weighted by Gasteiger charge is 2.21. The van der Waals surface area contributed by atoms with Crippen LogP contribution in [-0.4, -0.2) is 33.7 Å². The number of carboxylic acid groups (broad SMARTS) is 1. The first-order valence-corrected chi connectivity index (χ1v) is 6.84. The van der Waals surface area contributed by atoms with E-state index in [4.69, 9.17) is 9.47 Å². The van der Waals surface area contributed by atoms with Crippen molar-refractivity contribution in [3.8, 4) is 22.8 Å². The summed E-state index contributed by atoms with van der Waals surface area (Å²) >= 11 is 0. The van der Waals surface area contributed by atoms with Crippen LogP contribution in [0.4, 0.5) is 0 Å². The lowest BCUT2D eigenvalue weighted by molar-refractivity contribution is 0.0690. The topological polar surface area (TPSA) is 73.1 Å². The van der Waals surface area contributed by atoms with E-state index >= 15 is 0 Å². The van der Waals surface area contributed by atoms with Crippen LogP contribution in [0.1, 0.15) is 10.5 Å². The van der Waals surface area contributed by atoms with E-state index < -0.39 is 5.97 Å². The first kappa shape index (κ1) is 12.7. The summed E-state index contributed by atoms with van der Waals surface area (Å²) in [6, 6.07) is 10.7. The van der Waals surface area contributed by atoms with Gasteiger partial charge in [0.15, 0.2) is 17.2 Å². The standard InChI is InChI=1S/C16H12N2O4/c19-16(20)15-14(17-13-3-1-2-6-18(13)15)10-4-5-11-12(9-10)22-8-7-21-11/h1-6,9H,7-8H2,(H,19,20). The number of benzene rings is 1. The predicted octanol–water partition coefficient (Wildman–Crippen LogP) is 2.47. The van der Waals surface area contributed by atoms with E-state index in [1.165, 1.54) is 0 Å². The Morgan fingerprint density at radius 3 is 2.77 bits per heavy atom. The molecule has 110 valence electrons. The van der Waals surface area contributed by atoms with E-state index in [0.717, 1.165) is 0 Å². The Hall–Kier alpha value is -3.02. The molecule has 0 saturated carbocycles. The van der Waals surface area contributed by atoms with Crippen molar-refractivity contribution in [2.75, 3.05) is 13.2 Å². The number of ether oxygens (including phenoxy) is 2. The fourth-order valence-electron chi connectivity index (χ4n) is 2.59. The molecule has 0 spiro atoms. The van der Waals surface area contributed by atoms with Crippen LogP contribution in [0.5, 0.6) is 11.5 Å². The van der Waals surface area contributed by atoms with E-state index in [1.54, 1.807) is 40.9 Å². The second-order valence-corrected chi connectivity index (χ2v) is 4.90. The number of aromatic nitrogens is 2. The molecule has 0 bridgehead atoms. The highest BCUT2D eigenvalue weighted by Crippen LogP contribution is 2.35. The fourth-order valence-corrected chi connectivity index (χ4v) is 2.59. The Balaban J connectivity index is 1.94. The van der Waals surface area contributed by atoms with Crippen molar-refractivity contribution in [3.05, 3.63) is 48.3 Å². The van der Waals surface area contributed by atoms with Crippen LogP contribution in [0.25, 0.3) is 16.9 Å². The van der Waals surface area contributed by atoms with Gasteiger partial charge in [0.2, 0.25) is 0 Å². The molecule has 6 heteroatoms. The minimum absolute atomic E-state index is 0.132. The summed E-state index contributed by atoms with van der Waals surface area (Å²) in [5.41, 5.74) is 1.82. The third-order valence-electron chi connectivity index (χ3n) is 3.55. The van der Waals surface area contributed by atoms with E-state index in [1.807, 2.05) is 6.07 Å². The zero-order valence-electron chi connectivity index (χ0n) is 11.5. The number of imidazole rings is 1. The van der Waals surface area contributed by atoms with Gasteiger partial charge in [0, 0.05) is 11.8 Å². The van der Waals surface area contributed by atoms with Gasteiger partial charge in [-0.05, 0) is 30.3 Å². The quantitative estimate of drug-likeness (QED) is 0.786. The molecule has 2 aromatic heterocycles. The zero-order valence-corrected chi connectivity index (χ0v) is 11.5. The molecule has 0 unspecified atom stereocenters. The van der Waals surface area contributed by atoms with Gasteiger partial charge >= 0.3 is 5.97 Å². The lowest BCUT2D eigenvalue weighted by Gasteiger charge is -2.18. The van der Waals surface area contributed by atoms with Gasteiger partial charge < -0.3 is 14.6 Å². The van der Waals surface area contributed by atoms with Crippen LogP contribution in [-0.2, 0) is 0 Å². The average molecular weight is 296 g/mol. The van der Waals surface area contributed by atoms with Gasteiger partial charge in [-0.3, -0.25) is 4.40 Å². The second-order valence-electron chi connectivity index (χ2n) is 4.90. The first-order chi connectivity index (χ1) is 10.7. The number of rotatable bonds is 2. The number of aromatic carboxylic acids is 1. The molecule has 1 aliphatic rings. The third-order valence-corrected chi connectivity index (χ3v) is 3.55. The van der Waals surface area contributed by atoms with Crippen LogP contribution >= 0.6 is 0 Å². The highest BCUT2D eigenvalue weighted by atomic mass is 16.6. The maximum Gasteiger partial charge on any atom is 0.355 e. The predicted molar refractivity (Wildman–Crippen MR) is 78.6 cm³/mol. The number of carbonyl (C=O) groups is 1. The average Bonchev–Trinajstić information content (AvgIpc) is 2.94. The molecule has 22 heavy (non-hydrogen) atoms. The van der Waals surface area contributed by atoms with Crippen LogP contribution in [0.15, 0.2) is 42.6 Å². The molecule has 0 aliphatic carbocycles. The lowest BCUT2D eigenvalue weighted by atomic mass is 10.1. The lowest BCUT2D eigenvalue weighted by Crippen LogP contribution is -2.15. The highest BCUT2D eigenvalue weighted by molar-refractivity contribution is 5.95. The van der Waals surface area contributed by atoms with Crippen LogP contribution in [0.3, 0.4) is 0 Å². The van der Waals surface area contributed by atoms with E-state index in [2.05, 4.69) is 4.98 Å².